The van der Waals surface area contributed by atoms with Gasteiger partial charge in [-0.3, -0.25) is 0 Å². The second kappa shape index (κ2) is 6.42. The SMILES string of the molecule is O=C(O)COc1ccc(S(=O)(=O)N2CCC(O)CC2)cc1. The van der Waals surface area contributed by atoms with Crippen LogP contribution in [0, 0.1) is 0 Å². The van der Waals surface area contributed by atoms with Crippen molar-refractivity contribution in [3.63, 3.8) is 0 Å². The number of aliphatic carboxylic acids is 1. The Bertz CT molecular complexity index is 590. The minimum absolute atomic E-state index is 0.126. The molecule has 21 heavy (non-hydrogen) atoms. The Hall–Kier alpha value is -1.64. The lowest BCUT2D eigenvalue weighted by molar-refractivity contribution is -0.139. The maximum atomic E-state index is 12.4. The molecule has 1 heterocycles. The monoisotopic (exact) mass is 315 g/mol. The van der Waals surface area contributed by atoms with Gasteiger partial charge < -0.3 is 14.9 Å². The van der Waals surface area contributed by atoms with E-state index in [-0.39, 0.29) is 4.90 Å². The summed E-state index contributed by atoms with van der Waals surface area (Å²) in [5, 5.41) is 17.9. The van der Waals surface area contributed by atoms with Gasteiger partial charge in [-0.2, -0.15) is 4.31 Å². The molecule has 8 heteroatoms. The third-order valence-electron chi connectivity index (χ3n) is 3.25. The third kappa shape index (κ3) is 3.93. The van der Waals surface area contributed by atoms with E-state index in [0.29, 0.717) is 31.7 Å². The highest BCUT2D eigenvalue weighted by atomic mass is 32.2. The summed E-state index contributed by atoms with van der Waals surface area (Å²) in [5.74, 6) is -0.802. The molecule has 116 valence electrons. The molecule has 0 amide bonds. The molecule has 0 radical (unpaired) electrons. The van der Waals surface area contributed by atoms with Gasteiger partial charge in [0.15, 0.2) is 6.61 Å². The van der Waals surface area contributed by atoms with Crippen LogP contribution in [0.3, 0.4) is 0 Å². The zero-order valence-electron chi connectivity index (χ0n) is 11.3. The molecule has 1 aliphatic rings. The topological polar surface area (TPSA) is 104 Å². The number of carbonyl (C=O) groups is 1. The minimum atomic E-state index is -3.58. The number of aliphatic hydroxyl groups is 1. The van der Waals surface area contributed by atoms with Crippen molar-refractivity contribution in [2.24, 2.45) is 0 Å². The van der Waals surface area contributed by atoms with Gasteiger partial charge in [0.1, 0.15) is 5.75 Å². The standard InChI is InChI=1S/C13H17NO6S/c15-10-5-7-14(8-6-10)21(18,19)12-3-1-11(2-4-12)20-9-13(16)17/h1-4,10,15H,5-9H2,(H,16,17). The summed E-state index contributed by atoms with van der Waals surface area (Å²) in [6.45, 7) is 0.109. The van der Waals surface area contributed by atoms with Gasteiger partial charge >= 0.3 is 5.97 Å². The molecule has 0 aliphatic carbocycles. The van der Waals surface area contributed by atoms with Crippen molar-refractivity contribution in [1.29, 1.82) is 0 Å². The van der Waals surface area contributed by atoms with Crippen LogP contribution in [0.5, 0.6) is 5.75 Å². The first-order valence-corrected chi connectivity index (χ1v) is 7.96. The van der Waals surface area contributed by atoms with Gasteiger partial charge in [0.05, 0.1) is 11.0 Å². The number of sulfonamides is 1. The molecule has 7 nitrogen and oxygen atoms in total. The van der Waals surface area contributed by atoms with E-state index in [0.717, 1.165) is 0 Å². The van der Waals surface area contributed by atoms with E-state index < -0.39 is 28.7 Å². The number of piperidine rings is 1. The van der Waals surface area contributed by atoms with E-state index in [1.54, 1.807) is 0 Å². The molecule has 1 aromatic rings. The van der Waals surface area contributed by atoms with E-state index in [9.17, 15) is 18.3 Å². The number of benzene rings is 1. The molecule has 0 aromatic heterocycles. The summed E-state index contributed by atoms with van der Waals surface area (Å²) in [7, 11) is -3.58. The first-order chi connectivity index (χ1) is 9.89. The van der Waals surface area contributed by atoms with Crippen LogP contribution in [0.1, 0.15) is 12.8 Å². The van der Waals surface area contributed by atoms with Gasteiger partial charge in [0.25, 0.3) is 0 Å². The highest BCUT2D eigenvalue weighted by Crippen LogP contribution is 2.22. The van der Waals surface area contributed by atoms with Gasteiger partial charge in [-0.1, -0.05) is 0 Å². The molecule has 0 unspecified atom stereocenters. The number of carboxylic acids is 1. The van der Waals surface area contributed by atoms with Crippen LogP contribution in [0.2, 0.25) is 0 Å². The molecule has 0 spiro atoms. The zero-order chi connectivity index (χ0) is 15.5. The Kier molecular flexibility index (Phi) is 4.81. The van der Waals surface area contributed by atoms with E-state index >= 15 is 0 Å². The normalized spacial score (nSPS) is 17.6. The maximum Gasteiger partial charge on any atom is 0.341 e. The lowest BCUT2D eigenvalue weighted by Crippen LogP contribution is -2.39. The van der Waals surface area contributed by atoms with Crippen molar-refractivity contribution in [2.75, 3.05) is 19.7 Å². The quantitative estimate of drug-likeness (QED) is 0.809. The highest BCUT2D eigenvalue weighted by molar-refractivity contribution is 7.89. The zero-order valence-corrected chi connectivity index (χ0v) is 12.1. The third-order valence-corrected chi connectivity index (χ3v) is 5.16. The molecule has 0 saturated carbocycles. The smallest absolute Gasteiger partial charge is 0.341 e. The van der Waals surface area contributed by atoms with Crippen LogP contribution in [0.15, 0.2) is 29.2 Å². The van der Waals surface area contributed by atoms with Gasteiger partial charge in [0, 0.05) is 13.1 Å². The fourth-order valence-corrected chi connectivity index (χ4v) is 3.55. The van der Waals surface area contributed by atoms with Crippen molar-refractivity contribution in [3.8, 4) is 5.75 Å². The van der Waals surface area contributed by atoms with Crippen molar-refractivity contribution in [3.05, 3.63) is 24.3 Å². The van der Waals surface area contributed by atoms with Crippen LogP contribution < -0.4 is 4.74 Å². The number of ether oxygens (including phenoxy) is 1. The van der Waals surface area contributed by atoms with Crippen LogP contribution in [0.4, 0.5) is 0 Å². The van der Waals surface area contributed by atoms with E-state index in [4.69, 9.17) is 9.84 Å². The molecule has 0 bridgehead atoms. The van der Waals surface area contributed by atoms with Crippen molar-refractivity contribution in [2.45, 2.75) is 23.8 Å². The average molecular weight is 315 g/mol. The first kappa shape index (κ1) is 15.7. The summed E-state index contributed by atoms with van der Waals surface area (Å²) >= 11 is 0. The molecule has 1 aliphatic heterocycles. The summed E-state index contributed by atoms with van der Waals surface area (Å²) in [6, 6.07) is 5.62. The average Bonchev–Trinajstić information content (AvgIpc) is 2.46. The fourth-order valence-electron chi connectivity index (χ4n) is 2.08. The summed E-state index contributed by atoms with van der Waals surface area (Å²) in [6.07, 6.45) is 0.418. The summed E-state index contributed by atoms with van der Waals surface area (Å²) in [4.78, 5) is 10.5. The van der Waals surface area contributed by atoms with E-state index in [1.165, 1.54) is 28.6 Å². The van der Waals surface area contributed by atoms with Crippen molar-refractivity contribution < 1.29 is 28.2 Å². The second-order valence-corrected chi connectivity index (χ2v) is 6.73. The lowest BCUT2D eigenvalue weighted by atomic mass is 10.1. The number of carboxylic acid groups (broad SMARTS) is 1. The molecule has 0 atom stereocenters. The molecule has 1 saturated heterocycles. The largest absolute Gasteiger partial charge is 0.482 e. The van der Waals surface area contributed by atoms with Crippen molar-refractivity contribution >= 4 is 16.0 Å². The number of hydrogen-bond acceptors (Lipinski definition) is 5. The Morgan fingerprint density at radius 2 is 1.81 bits per heavy atom. The van der Waals surface area contributed by atoms with Gasteiger partial charge in [-0.05, 0) is 37.1 Å². The van der Waals surface area contributed by atoms with Crippen LogP contribution >= 0.6 is 0 Å². The highest BCUT2D eigenvalue weighted by Gasteiger charge is 2.28. The number of nitrogens with zero attached hydrogens (tertiary/aromatic N) is 1. The van der Waals surface area contributed by atoms with Crippen LogP contribution in [0.25, 0.3) is 0 Å². The van der Waals surface area contributed by atoms with Gasteiger partial charge in [-0.15, -0.1) is 0 Å². The van der Waals surface area contributed by atoms with Crippen LogP contribution in [-0.4, -0.2) is 54.7 Å². The minimum Gasteiger partial charge on any atom is -0.482 e. The Morgan fingerprint density at radius 3 is 2.33 bits per heavy atom. The summed E-state index contributed by atoms with van der Waals surface area (Å²) < 4.78 is 31.1. The molecule has 2 rings (SSSR count). The lowest BCUT2D eigenvalue weighted by Gasteiger charge is -2.28. The second-order valence-electron chi connectivity index (χ2n) is 4.79. The molecular weight excluding hydrogens is 298 g/mol. The predicted molar refractivity (Wildman–Crippen MR) is 73.6 cm³/mol. The predicted octanol–water partition coefficient (Wildman–Crippen LogP) is 0.295. The molecule has 2 N–H and O–H groups in total. The number of rotatable bonds is 5. The molecule has 1 fully saturated rings. The Morgan fingerprint density at radius 1 is 1.24 bits per heavy atom. The van der Waals surface area contributed by atoms with Crippen molar-refractivity contribution in [1.82, 2.24) is 4.31 Å². The molecular formula is C13H17NO6S. The van der Waals surface area contributed by atoms with E-state index in [1.807, 2.05) is 0 Å². The number of aliphatic hydroxyl groups excluding tert-OH is 1. The van der Waals surface area contributed by atoms with Crippen LogP contribution in [-0.2, 0) is 14.8 Å². The van der Waals surface area contributed by atoms with E-state index in [2.05, 4.69) is 0 Å². The Balaban J connectivity index is 2.08. The maximum absolute atomic E-state index is 12.4. The Labute approximate surface area is 122 Å². The van der Waals surface area contributed by atoms with Gasteiger partial charge in [-0.25, -0.2) is 13.2 Å². The molecule has 1 aromatic carbocycles. The number of hydrogen-bond donors (Lipinski definition) is 2. The summed E-state index contributed by atoms with van der Waals surface area (Å²) in [5.41, 5.74) is 0. The first-order valence-electron chi connectivity index (χ1n) is 6.52. The van der Waals surface area contributed by atoms with Gasteiger partial charge in [0.2, 0.25) is 10.0 Å². The fraction of sp³-hybridized carbons (Fsp3) is 0.462.